The summed E-state index contributed by atoms with van der Waals surface area (Å²) < 4.78 is 11.8. The van der Waals surface area contributed by atoms with Crippen LogP contribution in [-0.2, 0) is 6.42 Å². The van der Waals surface area contributed by atoms with Gasteiger partial charge in [0, 0.05) is 22.0 Å². The maximum Gasteiger partial charge on any atom is 0.171 e. The Morgan fingerprint density at radius 3 is 2.50 bits per heavy atom. The van der Waals surface area contributed by atoms with Gasteiger partial charge in [-0.3, -0.25) is 4.79 Å². The summed E-state index contributed by atoms with van der Waals surface area (Å²) in [6, 6.07) is 5.66. The summed E-state index contributed by atoms with van der Waals surface area (Å²) in [5.41, 5.74) is 2.47. The molecule has 4 heteroatoms. The molecule has 1 heterocycles. The Balaban J connectivity index is 2.35. The zero-order valence-electron chi connectivity index (χ0n) is 12.0. The van der Waals surface area contributed by atoms with Crippen LogP contribution in [0.25, 0.3) is 0 Å². The van der Waals surface area contributed by atoms with Gasteiger partial charge in [0.2, 0.25) is 0 Å². The van der Waals surface area contributed by atoms with Gasteiger partial charge in [-0.2, -0.15) is 0 Å². The molecule has 0 atom stereocenters. The first-order chi connectivity index (χ1) is 9.43. The molecule has 0 saturated heterocycles. The molecule has 2 rings (SSSR count). The van der Waals surface area contributed by atoms with E-state index in [0.29, 0.717) is 17.7 Å². The first-order valence-corrected chi connectivity index (χ1v) is 7.15. The first-order valence-electron chi connectivity index (χ1n) is 6.36. The highest BCUT2D eigenvalue weighted by Gasteiger charge is 2.20. The second kappa shape index (κ2) is 5.83. The minimum atomic E-state index is 0.0493. The van der Waals surface area contributed by atoms with Crippen molar-refractivity contribution < 1.29 is 13.9 Å². The van der Waals surface area contributed by atoms with Crippen LogP contribution < -0.4 is 4.74 Å². The van der Waals surface area contributed by atoms with E-state index < -0.39 is 0 Å². The molecular weight excluding hydrogens is 320 g/mol. The predicted octanol–water partition coefficient (Wildman–Crippen LogP) is 4.40. The van der Waals surface area contributed by atoms with Crippen LogP contribution in [-0.4, -0.2) is 12.9 Å². The van der Waals surface area contributed by atoms with Crippen molar-refractivity contribution in [2.45, 2.75) is 27.2 Å². The molecule has 0 N–H and O–H groups in total. The third kappa shape index (κ3) is 2.80. The monoisotopic (exact) mass is 336 g/mol. The van der Waals surface area contributed by atoms with E-state index in [1.165, 1.54) is 0 Å². The van der Waals surface area contributed by atoms with Crippen molar-refractivity contribution in [2.24, 2.45) is 0 Å². The van der Waals surface area contributed by atoms with Gasteiger partial charge < -0.3 is 9.15 Å². The first kappa shape index (κ1) is 14.9. The molecule has 0 spiro atoms. The molecule has 0 aliphatic rings. The number of aryl methyl sites for hydroxylation is 2. The Hall–Kier alpha value is -1.55. The largest absolute Gasteiger partial charge is 0.496 e. The van der Waals surface area contributed by atoms with Crippen LogP contribution in [0.1, 0.15) is 33.0 Å². The van der Waals surface area contributed by atoms with Gasteiger partial charge in [0.05, 0.1) is 12.7 Å². The average molecular weight is 337 g/mol. The Kier molecular flexibility index (Phi) is 4.33. The number of hydrogen-bond acceptors (Lipinski definition) is 3. The summed E-state index contributed by atoms with van der Waals surface area (Å²) in [4.78, 5) is 12.5. The fraction of sp³-hybridized carbons (Fsp3) is 0.312. The van der Waals surface area contributed by atoms with E-state index in [-0.39, 0.29) is 5.78 Å². The number of carbonyl (C=O) groups excluding carboxylic acids is 1. The summed E-state index contributed by atoms with van der Waals surface area (Å²) in [6.07, 6.45) is 0.295. The molecular formula is C16H17BrO3. The van der Waals surface area contributed by atoms with E-state index in [2.05, 4.69) is 15.9 Å². The lowest BCUT2D eigenvalue weighted by molar-refractivity contribution is 0.0990. The van der Waals surface area contributed by atoms with Crippen molar-refractivity contribution >= 4 is 21.7 Å². The molecule has 1 aromatic heterocycles. The van der Waals surface area contributed by atoms with Crippen molar-refractivity contribution in [2.75, 3.05) is 7.11 Å². The maximum atomic E-state index is 12.5. The van der Waals surface area contributed by atoms with Gasteiger partial charge in [-0.05, 0) is 39.0 Å². The number of ether oxygens (including phenoxy) is 1. The van der Waals surface area contributed by atoms with Crippen LogP contribution in [0.2, 0.25) is 0 Å². The molecule has 0 fully saturated rings. The van der Waals surface area contributed by atoms with E-state index in [4.69, 9.17) is 9.15 Å². The zero-order valence-corrected chi connectivity index (χ0v) is 13.6. The molecule has 0 unspecified atom stereocenters. The Morgan fingerprint density at radius 2 is 1.95 bits per heavy atom. The fourth-order valence-corrected chi connectivity index (χ4v) is 2.76. The topological polar surface area (TPSA) is 39.4 Å². The van der Waals surface area contributed by atoms with Crippen molar-refractivity contribution in [3.63, 3.8) is 0 Å². The van der Waals surface area contributed by atoms with Crippen LogP contribution in [0.5, 0.6) is 5.75 Å². The molecule has 106 valence electrons. The molecule has 1 aromatic carbocycles. The van der Waals surface area contributed by atoms with Gasteiger partial charge in [-0.15, -0.1) is 0 Å². The fourth-order valence-electron chi connectivity index (χ4n) is 2.35. The predicted molar refractivity (Wildman–Crippen MR) is 81.6 cm³/mol. The van der Waals surface area contributed by atoms with Gasteiger partial charge in [0.1, 0.15) is 17.3 Å². The molecule has 0 saturated carbocycles. The van der Waals surface area contributed by atoms with Crippen molar-refractivity contribution in [1.29, 1.82) is 0 Å². The molecule has 0 amide bonds. The SMILES string of the molecule is COc1ccc(Br)cc1CC(=O)c1c(C)oc(C)c1C. The number of ketones is 1. The maximum absolute atomic E-state index is 12.5. The van der Waals surface area contributed by atoms with Crippen molar-refractivity contribution in [1.82, 2.24) is 0 Å². The minimum absolute atomic E-state index is 0.0493. The summed E-state index contributed by atoms with van der Waals surface area (Å²) in [6.45, 7) is 5.61. The number of hydrogen-bond donors (Lipinski definition) is 0. The number of furan rings is 1. The number of halogens is 1. The van der Waals surface area contributed by atoms with E-state index in [1.807, 2.05) is 39.0 Å². The van der Waals surface area contributed by atoms with Crippen LogP contribution >= 0.6 is 15.9 Å². The zero-order chi connectivity index (χ0) is 14.9. The molecule has 20 heavy (non-hydrogen) atoms. The Morgan fingerprint density at radius 1 is 1.25 bits per heavy atom. The quantitative estimate of drug-likeness (QED) is 0.776. The number of carbonyl (C=O) groups is 1. The lowest BCUT2D eigenvalue weighted by atomic mass is 9.99. The van der Waals surface area contributed by atoms with Crippen molar-refractivity contribution in [3.05, 3.63) is 50.9 Å². The van der Waals surface area contributed by atoms with Crippen LogP contribution in [0, 0.1) is 20.8 Å². The van der Waals surface area contributed by atoms with Gasteiger partial charge >= 0.3 is 0 Å². The molecule has 0 aliphatic heterocycles. The molecule has 0 aliphatic carbocycles. The lowest BCUT2D eigenvalue weighted by Gasteiger charge is -2.08. The van der Waals surface area contributed by atoms with Gasteiger partial charge in [-0.25, -0.2) is 0 Å². The highest BCUT2D eigenvalue weighted by Crippen LogP contribution is 2.27. The number of benzene rings is 1. The van der Waals surface area contributed by atoms with Gasteiger partial charge in [-0.1, -0.05) is 15.9 Å². The molecule has 2 aromatic rings. The summed E-state index contributed by atoms with van der Waals surface area (Å²) in [7, 11) is 1.61. The third-order valence-electron chi connectivity index (χ3n) is 3.43. The van der Waals surface area contributed by atoms with Crippen LogP contribution in [0.4, 0.5) is 0 Å². The Labute approximate surface area is 127 Å². The second-order valence-corrected chi connectivity index (χ2v) is 5.69. The number of methoxy groups -OCH3 is 1. The third-order valence-corrected chi connectivity index (χ3v) is 3.93. The smallest absolute Gasteiger partial charge is 0.171 e. The summed E-state index contributed by atoms with van der Waals surface area (Å²) in [5.74, 6) is 2.25. The summed E-state index contributed by atoms with van der Waals surface area (Å²) >= 11 is 3.42. The van der Waals surface area contributed by atoms with E-state index in [9.17, 15) is 4.79 Å². The van der Waals surface area contributed by atoms with Crippen LogP contribution in [0.3, 0.4) is 0 Å². The summed E-state index contributed by atoms with van der Waals surface area (Å²) in [5, 5.41) is 0. The highest BCUT2D eigenvalue weighted by atomic mass is 79.9. The average Bonchev–Trinajstić information content (AvgIpc) is 2.63. The van der Waals surface area contributed by atoms with E-state index in [1.54, 1.807) is 7.11 Å². The molecule has 0 radical (unpaired) electrons. The minimum Gasteiger partial charge on any atom is -0.496 e. The van der Waals surface area contributed by atoms with Crippen LogP contribution in [0.15, 0.2) is 27.1 Å². The van der Waals surface area contributed by atoms with E-state index in [0.717, 1.165) is 27.1 Å². The standard InChI is InChI=1S/C16H17BrO3/c1-9-10(2)20-11(3)16(9)14(18)8-12-7-13(17)5-6-15(12)19-4/h5-7H,8H2,1-4H3. The van der Waals surface area contributed by atoms with E-state index >= 15 is 0 Å². The molecule has 0 bridgehead atoms. The lowest BCUT2D eigenvalue weighted by Crippen LogP contribution is -2.07. The van der Waals surface area contributed by atoms with Gasteiger partial charge in [0.15, 0.2) is 5.78 Å². The Bertz CT molecular complexity index is 656. The van der Waals surface area contributed by atoms with Crippen molar-refractivity contribution in [3.8, 4) is 5.75 Å². The molecule has 3 nitrogen and oxygen atoms in total. The highest BCUT2D eigenvalue weighted by molar-refractivity contribution is 9.10. The van der Waals surface area contributed by atoms with Gasteiger partial charge in [0.25, 0.3) is 0 Å². The second-order valence-electron chi connectivity index (χ2n) is 4.77. The normalized spacial score (nSPS) is 10.7. The number of rotatable bonds is 4. The number of Topliss-reactive ketones (excluding diaryl/α,β-unsaturated/α-hetero) is 1.